The van der Waals surface area contributed by atoms with Gasteiger partial charge in [-0.2, -0.15) is 0 Å². The topological polar surface area (TPSA) is 243 Å². The second-order valence-corrected chi connectivity index (χ2v) is 12.7. The van der Waals surface area contributed by atoms with E-state index in [2.05, 4.69) is 0 Å². The third-order valence-corrected chi connectivity index (χ3v) is 9.90. The fraction of sp³-hybridized carbons (Fsp3) is 0.452. The maximum atomic E-state index is 14.3. The summed E-state index contributed by atoms with van der Waals surface area (Å²) in [7, 11) is 1.18. The van der Waals surface area contributed by atoms with Gasteiger partial charge in [-0.15, -0.1) is 0 Å². The molecule has 0 amide bonds. The highest BCUT2D eigenvalue weighted by Gasteiger charge is 2.59. The molecule has 8 atom stereocenters. The number of rotatable bonds is 2. The SMILES string of the molecule is COc1cc(O)c2c(c1O)[C@@H](C1=CC(=O)c3c(O)c4c(c(O)c3C1=O)C[C@](C)(O)[C@H](O)C4)[C@H]1C[C@](C)(O)[C@H](O)[C@@H](O)[C@H]1C2=O. The molecule has 13 nitrogen and oxygen atoms in total. The number of ketones is 3. The highest BCUT2D eigenvalue weighted by molar-refractivity contribution is 6.28. The first kappa shape index (κ1) is 30.0. The fourth-order valence-corrected chi connectivity index (χ4v) is 7.59. The Labute approximate surface area is 249 Å². The predicted molar refractivity (Wildman–Crippen MR) is 148 cm³/mol. The molecule has 2 aromatic carbocycles. The van der Waals surface area contributed by atoms with Gasteiger partial charge in [-0.05, 0) is 32.3 Å². The number of ether oxygens (including phenoxy) is 1. The van der Waals surface area contributed by atoms with Crippen molar-refractivity contribution < 1.29 is 65.1 Å². The summed E-state index contributed by atoms with van der Waals surface area (Å²) in [5, 5.41) is 98.4. The lowest BCUT2D eigenvalue weighted by Gasteiger charge is -2.51. The standard InChI is InChI=1S/C31H32O13/c1-30(42)7-11-9(5-16(30)34)23(35)20-13(32)4-10(24(36)22(20)25(11)37)17-12-8-31(2,43)29(41)28(40)18(12)27(39)19-14(33)6-15(44-3)26(38)21(17)19/h4,6,12,16-18,28-29,33-35,37-38,40-43H,5,7-8H2,1-3H3/t12-,16-,17+,18-,28+,29-,30+,31+/m1/s1. The lowest BCUT2D eigenvalue weighted by molar-refractivity contribution is -0.172. The Balaban J connectivity index is 1.62. The smallest absolute Gasteiger partial charge is 0.194 e. The minimum Gasteiger partial charge on any atom is -0.507 e. The van der Waals surface area contributed by atoms with Crippen molar-refractivity contribution in [2.45, 2.75) is 68.5 Å². The van der Waals surface area contributed by atoms with E-state index in [1.165, 1.54) is 21.0 Å². The third kappa shape index (κ3) is 3.86. The van der Waals surface area contributed by atoms with Gasteiger partial charge in [-0.3, -0.25) is 14.4 Å². The molecule has 0 spiro atoms. The number of phenolic OH excluding ortho intramolecular Hbond substituents is 4. The number of phenols is 4. The van der Waals surface area contributed by atoms with Crippen molar-refractivity contribution >= 4 is 17.3 Å². The van der Waals surface area contributed by atoms with Gasteiger partial charge < -0.3 is 50.7 Å². The van der Waals surface area contributed by atoms with Crippen molar-refractivity contribution in [2.75, 3.05) is 7.11 Å². The number of methoxy groups -OCH3 is 1. The summed E-state index contributed by atoms with van der Waals surface area (Å²) in [5.41, 5.74) is -6.18. The Morgan fingerprint density at radius 2 is 1.50 bits per heavy atom. The molecule has 0 aromatic heterocycles. The molecule has 0 saturated heterocycles. The number of carbonyl (C=O) groups excluding carboxylic acids is 3. The summed E-state index contributed by atoms with van der Waals surface area (Å²) in [6.45, 7) is 2.52. The van der Waals surface area contributed by atoms with Crippen molar-refractivity contribution in [3.8, 4) is 28.7 Å². The molecule has 1 saturated carbocycles. The first-order chi connectivity index (χ1) is 20.4. The summed E-state index contributed by atoms with van der Waals surface area (Å²) in [4.78, 5) is 41.7. The molecule has 2 aromatic rings. The van der Waals surface area contributed by atoms with Crippen LogP contribution in [0.25, 0.3) is 0 Å². The van der Waals surface area contributed by atoms with Gasteiger partial charge in [0.25, 0.3) is 0 Å². The van der Waals surface area contributed by atoms with Crippen LogP contribution >= 0.6 is 0 Å². The summed E-state index contributed by atoms with van der Waals surface area (Å²) >= 11 is 0. The molecule has 0 unspecified atom stereocenters. The number of carbonyl (C=O) groups is 3. The quantitative estimate of drug-likeness (QED) is 0.205. The molecular formula is C31H32O13. The Morgan fingerprint density at radius 1 is 0.864 bits per heavy atom. The number of hydrogen-bond acceptors (Lipinski definition) is 13. The second-order valence-electron chi connectivity index (χ2n) is 12.7. The molecule has 9 N–H and O–H groups in total. The number of aromatic hydroxyl groups is 4. The summed E-state index contributed by atoms with van der Waals surface area (Å²) in [5.74, 6) is -10.0. The van der Waals surface area contributed by atoms with Crippen molar-refractivity contribution in [2.24, 2.45) is 11.8 Å². The zero-order valence-corrected chi connectivity index (χ0v) is 23.9. The van der Waals surface area contributed by atoms with Crippen LogP contribution in [0.15, 0.2) is 17.7 Å². The predicted octanol–water partition coefficient (Wildman–Crippen LogP) is 0.122. The van der Waals surface area contributed by atoms with Crippen molar-refractivity contribution in [1.82, 2.24) is 0 Å². The van der Waals surface area contributed by atoms with Gasteiger partial charge in [0.1, 0.15) is 23.4 Å². The highest BCUT2D eigenvalue weighted by atomic mass is 16.5. The van der Waals surface area contributed by atoms with Gasteiger partial charge in [-0.1, -0.05) is 0 Å². The average Bonchev–Trinajstić information content (AvgIpc) is 2.94. The van der Waals surface area contributed by atoms with Crippen LogP contribution < -0.4 is 4.74 Å². The van der Waals surface area contributed by atoms with Gasteiger partial charge in [0, 0.05) is 47.1 Å². The maximum Gasteiger partial charge on any atom is 0.194 e. The van der Waals surface area contributed by atoms with Crippen LogP contribution in [0.3, 0.4) is 0 Å². The second kappa shape index (κ2) is 9.49. The zero-order valence-electron chi connectivity index (χ0n) is 23.9. The van der Waals surface area contributed by atoms with Crippen molar-refractivity contribution in [1.29, 1.82) is 0 Å². The zero-order chi connectivity index (χ0) is 32.4. The Kier molecular flexibility index (Phi) is 6.48. The van der Waals surface area contributed by atoms with E-state index in [1.807, 2.05) is 0 Å². The number of aliphatic hydroxyl groups is 5. The van der Waals surface area contributed by atoms with E-state index in [0.29, 0.717) is 0 Å². The van der Waals surface area contributed by atoms with Gasteiger partial charge in [-0.25, -0.2) is 0 Å². The van der Waals surface area contributed by atoms with Crippen molar-refractivity contribution in [3.63, 3.8) is 0 Å². The summed E-state index contributed by atoms with van der Waals surface area (Å²) in [6.07, 6.45) is -5.28. The van der Waals surface area contributed by atoms with E-state index in [1.54, 1.807) is 0 Å². The van der Waals surface area contributed by atoms with Gasteiger partial charge >= 0.3 is 0 Å². The minimum atomic E-state index is -2.00. The maximum absolute atomic E-state index is 14.3. The van der Waals surface area contributed by atoms with Crippen LogP contribution in [-0.4, -0.2) is 99.9 Å². The lowest BCUT2D eigenvalue weighted by atomic mass is 9.55. The first-order valence-corrected chi connectivity index (χ1v) is 14.0. The summed E-state index contributed by atoms with van der Waals surface area (Å²) in [6, 6.07) is 0.958. The molecule has 4 aliphatic rings. The van der Waals surface area contributed by atoms with Gasteiger partial charge in [0.15, 0.2) is 28.8 Å². The van der Waals surface area contributed by atoms with Crippen LogP contribution in [0, 0.1) is 11.8 Å². The largest absolute Gasteiger partial charge is 0.507 e. The molecule has 1 fully saturated rings. The average molecular weight is 613 g/mol. The van der Waals surface area contributed by atoms with Crippen LogP contribution in [0.5, 0.6) is 28.7 Å². The monoisotopic (exact) mass is 612 g/mol. The Morgan fingerprint density at radius 3 is 2.14 bits per heavy atom. The van der Waals surface area contributed by atoms with E-state index in [9.17, 15) is 60.3 Å². The molecule has 6 rings (SSSR count). The van der Waals surface area contributed by atoms with E-state index < -0.39 is 116 Å². The van der Waals surface area contributed by atoms with Gasteiger partial charge in [0.2, 0.25) is 0 Å². The number of hydrogen-bond donors (Lipinski definition) is 9. The molecule has 234 valence electrons. The number of aliphatic hydroxyl groups excluding tert-OH is 3. The number of Topliss-reactive ketones (excluding diaryl/α,β-unsaturated/α-hetero) is 2. The van der Waals surface area contributed by atoms with Crippen LogP contribution in [-0.2, 0) is 12.8 Å². The third-order valence-electron chi connectivity index (χ3n) is 9.90. The van der Waals surface area contributed by atoms with Crippen LogP contribution in [0.1, 0.15) is 74.0 Å². The van der Waals surface area contributed by atoms with Crippen molar-refractivity contribution in [3.05, 3.63) is 51.1 Å². The Hall–Kier alpha value is -4.01. The fourth-order valence-electron chi connectivity index (χ4n) is 7.59. The van der Waals surface area contributed by atoms with Gasteiger partial charge in [0.05, 0.1) is 53.1 Å². The molecule has 0 heterocycles. The highest BCUT2D eigenvalue weighted by Crippen LogP contribution is 2.59. The molecule has 13 heteroatoms. The molecule has 44 heavy (non-hydrogen) atoms. The molecule has 0 aliphatic heterocycles. The normalized spacial score (nSPS) is 34.5. The minimum absolute atomic E-state index is 0.0142. The van der Waals surface area contributed by atoms with E-state index in [4.69, 9.17) is 4.74 Å². The molecule has 0 radical (unpaired) electrons. The molecular weight excluding hydrogens is 580 g/mol. The van der Waals surface area contributed by atoms with E-state index >= 15 is 0 Å². The first-order valence-electron chi connectivity index (χ1n) is 14.0. The number of fused-ring (bicyclic) bond motifs is 4. The van der Waals surface area contributed by atoms with Crippen LogP contribution in [0.2, 0.25) is 0 Å². The molecule has 0 bridgehead atoms. The van der Waals surface area contributed by atoms with E-state index in [-0.39, 0.29) is 35.3 Å². The Bertz CT molecular complexity index is 1700. The van der Waals surface area contributed by atoms with Crippen LogP contribution in [0.4, 0.5) is 0 Å². The summed E-state index contributed by atoms with van der Waals surface area (Å²) < 4.78 is 5.16. The lowest BCUT2D eigenvalue weighted by Crippen LogP contribution is -2.61. The molecule has 4 aliphatic carbocycles. The number of benzene rings is 2. The number of allylic oxidation sites excluding steroid dienone is 2. The van der Waals surface area contributed by atoms with E-state index in [0.717, 1.165) is 12.1 Å².